The summed E-state index contributed by atoms with van der Waals surface area (Å²) in [4.78, 5) is 16.6. The van der Waals surface area contributed by atoms with E-state index < -0.39 is 0 Å². The summed E-state index contributed by atoms with van der Waals surface area (Å²) in [5.41, 5.74) is 4.53. The monoisotopic (exact) mass is 379 g/mol. The lowest BCUT2D eigenvalue weighted by Gasteiger charge is -2.44. The van der Waals surface area contributed by atoms with Gasteiger partial charge in [0.2, 0.25) is 5.91 Å². The Morgan fingerprint density at radius 1 is 1.07 bits per heavy atom. The quantitative estimate of drug-likeness (QED) is 0.873. The van der Waals surface area contributed by atoms with Gasteiger partial charge >= 0.3 is 0 Å². The molecule has 5 nitrogen and oxygen atoms in total. The number of hydrogen-bond acceptors (Lipinski definition) is 4. The second-order valence-electron chi connectivity index (χ2n) is 7.82. The highest BCUT2D eigenvalue weighted by atomic mass is 16.5. The molecule has 0 radical (unpaired) electrons. The van der Waals surface area contributed by atoms with E-state index in [9.17, 15) is 4.79 Å². The Balaban J connectivity index is 1.64. The predicted molar refractivity (Wildman–Crippen MR) is 114 cm³/mol. The molecule has 0 unspecified atom stereocenters. The number of para-hydroxylation sites is 1. The maximum absolute atomic E-state index is 12.3. The molecule has 2 aliphatic rings. The number of nitrogens with one attached hydrogen (secondary N) is 1. The third-order valence-electron chi connectivity index (χ3n) is 6.11. The number of morpholine rings is 1. The fourth-order valence-corrected chi connectivity index (χ4v) is 4.45. The normalized spacial score (nSPS) is 24.6. The highest BCUT2D eigenvalue weighted by Gasteiger charge is 2.37. The van der Waals surface area contributed by atoms with Crippen molar-refractivity contribution in [2.75, 3.05) is 41.4 Å². The van der Waals surface area contributed by atoms with Gasteiger partial charge in [0.1, 0.15) is 0 Å². The summed E-state index contributed by atoms with van der Waals surface area (Å²) in [5, 5.41) is 3.76. The number of carbonyl (C=O) groups excluding carboxylic acids is 1. The zero-order valence-electron chi connectivity index (χ0n) is 16.9. The molecule has 5 heteroatoms. The third kappa shape index (κ3) is 3.47. The van der Waals surface area contributed by atoms with Crippen molar-refractivity contribution in [2.45, 2.75) is 32.9 Å². The molecule has 0 spiro atoms. The van der Waals surface area contributed by atoms with E-state index in [2.05, 4.69) is 66.5 Å². The number of ether oxygens (including phenoxy) is 1. The number of benzene rings is 2. The molecule has 2 aromatic carbocycles. The molecule has 0 aliphatic carbocycles. The van der Waals surface area contributed by atoms with Crippen LogP contribution in [-0.4, -0.2) is 38.3 Å². The molecule has 1 amide bonds. The maximum atomic E-state index is 12.3. The third-order valence-corrected chi connectivity index (χ3v) is 6.11. The average Bonchev–Trinajstić information content (AvgIpc) is 2.72. The zero-order valence-corrected chi connectivity index (χ0v) is 16.9. The van der Waals surface area contributed by atoms with Crippen LogP contribution >= 0.6 is 0 Å². The second-order valence-corrected chi connectivity index (χ2v) is 7.82. The van der Waals surface area contributed by atoms with Crippen molar-refractivity contribution in [3.05, 3.63) is 54.1 Å². The first kappa shape index (κ1) is 18.8. The SMILES string of the molecule is CC(=O)N1c2ccccc2[C@H](Nc2cccc(N3CCOCC3)c2)[C@@H](C)[C@@H]1C. The van der Waals surface area contributed by atoms with Gasteiger partial charge in [-0.05, 0) is 36.8 Å². The van der Waals surface area contributed by atoms with E-state index in [-0.39, 0.29) is 23.9 Å². The molecule has 2 heterocycles. The van der Waals surface area contributed by atoms with Crippen LogP contribution < -0.4 is 15.1 Å². The number of rotatable bonds is 3. The number of carbonyl (C=O) groups is 1. The highest BCUT2D eigenvalue weighted by molar-refractivity contribution is 5.94. The van der Waals surface area contributed by atoms with Crippen molar-refractivity contribution in [3.63, 3.8) is 0 Å². The van der Waals surface area contributed by atoms with Gasteiger partial charge in [0.05, 0.1) is 19.3 Å². The van der Waals surface area contributed by atoms with Crippen LogP contribution in [0.15, 0.2) is 48.5 Å². The van der Waals surface area contributed by atoms with Crippen molar-refractivity contribution in [1.29, 1.82) is 0 Å². The van der Waals surface area contributed by atoms with Crippen LogP contribution in [0.5, 0.6) is 0 Å². The molecular formula is C23H29N3O2. The van der Waals surface area contributed by atoms with Crippen molar-refractivity contribution >= 4 is 23.0 Å². The minimum absolute atomic E-state index is 0.0968. The standard InChI is InChI=1S/C23H29N3O2/c1-16-17(2)26(18(3)27)22-10-5-4-9-21(22)23(16)24-19-7-6-8-20(15-19)25-11-13-28-14-12-25/h4-10,15-17,23-24H,11-14H2,1-3H3/t16-,17-,23+/m0/s1. The lowest BCUT2D eigenvalue weighted by molar-refractivity contribution is -0.117. The van der Waals surface area contributed by atoms with E-state index in [0.29, 0.717) is 0 Å². The van der Waals surface area contributed by atoms with Gasteiger partial charge in [-0.2, -0.15) is 0 Å². The molecule has 0 saturated carbocycles. The molecule has 1 fully saturated rings. The highest BCUT2D eigenvalue weighted by Crippen LogP contribution is 2.42. The summed E-state index contributed by atoms with van der Waals surface area (Å²) < 4.78 is 5.48. The maximum Gasteiger partial charge on any atom is 0.224 e. The Morgan fingerprint density at radius 3 is 2.57 bits per heavy atom. The van der Waals surface area contributed by atoms with Crippen LogP contribution in [0.4, 0.5) is 17.1 Å². The minimum atomic E-state index is 0.0968. The van der Waals surface area contributed by atoms with Gasteiger partial charge in [0.15, 0.2) is 0 Å². The van der Waals surface area contributed by atoms with Crippen LogP contribution in [0.25, 0.3) is 0 Å². The van der Waals surface area contributed by atoms with Gasteiger partial charge in [-0.25, -0.2) is 0 Å². The first-order valence-corrected chi connectivity index (χ1v) is 10.1. The average molecular weight is 380 g/mol. The van der Waals surface area contributed by atoms with Crippen molar-refractivity contribution in [2.24, 2.45) is 5.92 Å². The van der Waals surface area contributed by atoms with E-state index in [1.807, 2.05) is 11.0 Å². The van der Waals surface area contributed by atoms with E-state index in [1.165, 1.54) is 11.3 Å². The molecule has 0 aromatic heterocycles. The smallest absolute Gasteiger partial charge is 0.224 e. The lowest BCUT2D eigenvalue weighted by atomic mass is 9.82. The van der Waals surface area contributed by atoms with E-state index >= 15 is 0 Å². The molecule has 28 heavy (non-hydrogen) atoms. The summed E-state index contributed by atoms with van der Waals surface area (Å²) in [7, 11) is 0. The van der Waals surface area contributed by atoms with Crippen molar-refractivity contribution in [3.8, 4) is 0 Å². The number of hydrogen-bond donors (Lipinski definition) is 1. The molecule has 1 N–H and O–H groups in total. The molecule has 2 aromatic rings. The Bertz CT molecular complexity index is 847. The topological polar surface area (TPSA) is 44.8 Å². The van der Waals surface area contributed by atoms with E-state index in [0.717, 1.165) is 37.7 Å². The summed E-state index contributed by atoms with van der Waals surface area (Å²) in [6.07, 6.45) is 0. The fourth-order valence-electron chi connectivity index (χ4n) is 4.45. The van der Waals surface area contributed by atoms with E-state index in [4.69, 9.17) is 4.74 Å². The van der Waals surface area contributed by atoms with E-state index in [1.54, 1.807) is 6.92 Å². The summed E-state index contributed by atoms with van der Waals surface area (Å²) in [5.74, 6) is 0.380. The minimum Gasteiger partial charge on any atom is -0.378 e. The van der Waals surface area contributed by atoms with Crippen molar-refractivity contribution in [1.82, 2.24) is 0 Å². The Kier molecular flexibility index (Phi) is 5.27. The molecular weight excluding hydrogens is 350 g/mol. The first-order chi connectivity index (χ1) is 13.6. The molecule has 0 bridgehead atoms. The summed E-state index contributed by atoms with van der Waals surface area (Å²) >= 11 is 0. The Labute approximate surface area is 167 Å². The first-order valence-electron chi connectivity index (χ1n) is 10.1. The van der Waals surface area contributed by atoms with Crippen LogP contribution in [0.1, 0.15) is 32.4 Å². The van der Waals surface area contributed by atoms with Crippen LogP contribution in [-0.2, 0) is 9.53 Å². The van der Waals surface area contributed by atoms with Gasteiger partial charge in [-0.15, -0.1) is 0 Å². The van der Waals surface area contributed by atoms with Crippen LogP contribution in [0, 0.1) is 5.92 Å². The number of nitrogens with zero attached hydrogens (tertiary/aromatic N) is 2. The largest absolute Gasteiger partial charge is 0.378 e. The van der Waals surface area contributed by atoms with Gasteiger partial charge in [-0.3, -0.25) is 4.79 Å². The number of amides is 1. The van der Waals surface area contributed by atoms with Crippen LogP contribution in [0.2, 0.25) is 0 Å². The molecule has 3 atom stereocenters. The van der Waals surface area contributed by atoms with Gasteiger partial charge in [0, 0.05) is 49.0 Å². The lowest BCUT2D eigenvalue weighted by Crippen LogP contribution is -2.48. The second kappa shape index (κ2) is 7.84. The molecule has 1 saturated heterocycles. The van der Waals surface area contributed by atoms with Gasteiger partial charge in [-0.1, -0.05) is 31.2 Å². The Morgan fingerprint density at radius 2 is 1.82 bits per heavy atom. The van der Waals surface area contributed by atoms with Gasteiger partial charge < -0.3 is 19.9 Å². The Hall–Kier alpha value is -2.53. The fraction of sp³-hybridized carbons (Fsp3) is 0.435. The van der Waals surface area contributed by atoms with Crippen molar-refractivity contribution < 1.29 is 9.53 Å². The number of fused-ring (bicyclic) bond motifs is 1. The molecule has 148 valence electrons. The zero-order chi connectivity index (χ0) is 19.7. The van der Waals surface area contributed by atoms with Crippen LogP contribution in [0.3, 0.4) is 0 Å². The summed E-state index contributed by atoms with van der Waals surface area (Å²) in [6.45, 7) is 9.43. The number of anilines is 3. The predicted octanol–water partition coefficient (Wildman–Crippen LogP) is 4.07. The summed E-state index contributed by atoms with van der Waals surface area (Å²) in [6, 6.07) is 17.2. The molecule has 4 rings (SSSR count). The molecule has 2 aliphatic heterocycles. The van der Waals surface area contributed by atoms with Gasteiger partial charge in [0.25, 0.3) is 0 Å².